The quantitative estimate of drug-likeness (QED) is 0.441. The summed E-state index contributed by atoms with van der Waals surface area (Å²) in [5, 5.41) is 19.0. The molecule has 4 aromatic rings. The lowest BCUT2D eigenvalue weighted by atomic mass is 9.96. The van der Waals surface area contributed by atoms with Crippen LogP contribution in [0.2, 0.25) is 0 Å². The molecule has 3 aromatic carbocycles. The van der Waals surface area contributed by atoms with Crippen LogP contribution in [0.4, 0.5) is 0 Å². The Morgan fingerprint density at radius 3 is 2.38 bits per heavy atom. The van der Waals surface area contributed by atoms with E-state index in [2.05, 4.69) is 25.9 Å². The van der Waals surface area contributed by atoms with Gasteiger partial charge in [0.1, 0.15) is 6.04 Å². The Balaban J connectivity index is 1.27. The molecule has 0 bridgehead atoms. The molecule has 9 nitrogen and oxygen atoms in total. The van der Waals surface area contributed by atoms with Gasteiger partial charge in [0, 0.05) is 19.0 Å². The number of carbonyl (C=O) groups is 1. The first kappa shape index (κ1) is 22.2. The van der Waals surface area contributed by atoms with Crippen molar-refractivity contribution in [1.82, 2.24) is 30.2 Å². The van der Waals surface area contributed by atoms with Crippen molar-refractivity contribution in [3.05, 3.63) is 84.2 Å². The van der Waals surface area contributed by atoms with Gasteiger partial charge in [-0.05, 0) is 41.3 Å². The zero-order chi connectivity index (χ0) is 23.5. The van der Waals surface area contributed by atoms with Gasteiger partial charge in [0.05, 0.1) is 4.90 Å². The van der Waals surface area contributed by atoms with Crippen molar-refractivity contribution in [1.29, 1.82) is 0 Å². The van der Waals surface area contributed by atoms with Crippen molar-refractivity contribution in [2.24, 2.45) is 5.92 Å². The van der Waals surface area contributed by atoms with Gasteiger partial charge in [0.15, 0.2) is 0 Å². The van der Waals surface area contributed by atoms with E-state index in [4.69, 9.17) is 0 Å². The number of hydrogen-bond acceptors (Lipinski definition) is 6. The van der Waals surface area contributed by atoms with E-state index in [1.54, 1.807) is 12.1 Å². The number of aromatic amines is 1. The van der Waals surface area contributed by atoms with Crippen LogP contribution in [-0.4, -0.2) is 52.3 Å². The highest BCUT2D eigenvalue weighted by atomic mass is 32.2. The van der Waals surface area contributed by atoms with E-state index in [0.29, 0.717) is 18.7 Å². The van der Waals surface area contributed by atoms with Gasteiger partial charge in [-0.3, -0.25) is 4.79 Å². The average molecular weight is 477 g/mol. The molecule has 2 heterocycles. The number of aromatic nitrogens is 4. The maximum absolute atomic E-state index is 13.2. The topological polar surface area (TPSA) is 121 Å². The molecule has 1 aliphatic heterocycles. The third kappa shape index (κ3) is 4.42. The minimum absolute atomic E-state index is 0.151. The maximum Gasteiger partial charge on any atom is 0.243 e. The Bertz CT molecular complexity index is 1380. The molecule has 2 N–H and O–H groups in total. The second-order valence-corrected chi connectivity index (χ2v) is 10.2. The van der Waals surface area contributed by atoms with Gasteiger partial charge in [-0.2, -0.15) is 9.52 Å². The Kier molecular flexibility index (Phi) is 6.08. The molecular weight excluding hydrogens is 452 g/mol. The Labute approximate surface area is 197 Å². The Morgan fingerprint density at radius 1 is 0.971 bits per heavy atom. The van der Waals surface area contributed by atoms with Gasteiger partial charge in [-0.25, -0.2) is 8.42 Å². The second kappa shape index (κ2) is 9.32. The minimum atomic E-state index is -3.63. The standard InChI is InChI=1S/C24H24N6O3S/c31-24(25-22(23-26-28-29-27-23)18-7-2-1-3-8-18)19-12-14-30(15-13-19)34(32,33)21-11-10-17-6-4-5-9-20(17)16-21/h1-11,16,19,22H,12-15H2,(H,25,31)(H,26,27,28,29). The van der Waals surface area contributed by atoms with Gasteiger partial charge in [0.25, 0.3) is 0 Å². The van der Waals surface area contributed by atoms with E-state index >= 15 is 0 Å². The molecule has 1 aromatic heterocycles. The van der Waals surface area contributed by atoms with E-state index in [-0.39, 0.29) is 29.8 Å². The molecular formula is C24H24N6O3S. The Hall–Kier alpha value is -3.63. The fraction of sp³-hybridized carbons (Fsp3) is 0.250. The number of amides is 1. The van der Waals surface area contributed by atoms with E-state index in [0.717, 1.165) is 16.3 Å². The number of carbonyl (C=O) groups excluding carboxylic acids is 1. The molecule has 1 saturated heterocycles. The molecule has 174 valence electrons. The third-order valence-corrected chi connectivity index (χ3v) is 8.12. The fourth-order valence-corrected chi connectivity index (χ4v) is 5.84. The number of H-pyrrole nitrogens is 1. The predicted octanol–water partition coefficient (Wildman–Crippen LogP) is 2.66. The number of fused-ring (bicyclic) bond motifs is 1. The van der Waals surface area contributed by atoms with Crippen LogP contribution in [0, 0.1) is 5.92 Å². The van der Waals surface area contributed by atoms with E-state index in [1.807, 2.05) is 60.7 Å². The summed E-state index contributed by atoms with van der Waals surface area (Å²) in [5.41, 5.74) is 0.841. The SMILES string of the molecule is O=C(NC(c1ccccc1)c1nn[nH]n1)C1CCN(S(=O)(=O)c2ccc3ccccc3c2)CC1. The molecule has 0 radical (unpaired) electrons. The number of benzene rings is 3. The summed E-state index contributed by atoms with van der Waals surface area (Å²) in [4.78, 5) is 13.4. The molecule has 34 heavy (non-hydrogen) atoms. The number of piperidine rings is 1. The van der Waals surface area contributed by atoms with Crippen molar-refractivity contribution in [3.63, 3.8) is 0 Å². The number of nitrogens with one attached hydrogen (secondary N) is 2. The lowest BCUT2D eigenvalue weighted by Crippen LogP contribution is -2.44. The summed E-state index contributed by atoms with van der Waals surface area (Å²) in [7, 11) is -3.63. The monoisotopic (exact) mass is 476 g/mol. The lowest BCUT2D eigenvalue weighted by molar-refractivity contribution is -0.126. The van der Waals surface area contributed by atoms with Gasteiger partial charge < -0.3 is 5.32 Å². The maximum atomic E-state index is 13.2. The summed E-state index contributed by atoms with van der Waals surface area (Å²) in [6.45, 7) is 0.566. The molecule has 0 saturated carbocycles. The zero-order valence-electron chi connectivity index (χ0n) is 18.3. The predicted molar refractivity (Wildman–Crippen MR) is 126 cm³/mol. The number of hydrogen-bond donors (Lipinski definition) is 2. The van der Waals surface area contributed by atoms with E-state index in [9.17, 15) is 13.2 Å². The van der Waals surface area contributed by atoms with Crippen LogP contribution in [0.5, 0.6) is 0 Å². The number of rotatable bonds is 6. The molecule has 5 rings (SSSR count). The van der Waals surface area contributed by atoms with Crippen LogP contribution in [0.15, 0.2) is 77.7 Å². The first-order valence-corrected chi connectivity index (χ1v) is 12.5. The van der Waals surface area contributed by atoms with Crippen molar-refractivity contribution in [2.75, 3.05) is 13.1 Å². The van der Waals surface area contributed by atoms with Gasteiger partial charge in [0.2, 0.25) is 21.8 Å². The molecule has 10 heteroatoms. The van der Waals surface area contributed by atoms with Crippen LogP contribution in [0.3, 0.4) is 0 Å². The molecule has 0 aliphatic carbocycles. The molecule has 1 amide bonds. The van der Waals surface area contributed by atoms with Crippen LogP contribution < -0.4 is 5.32 Å². The van der Waals surface area contributed by atoms with Crippen molar-refractivity contribution >= 4 is 26.7 Å². The van der Waals surface area contributed by atoms with E-state index in [1.165, 1.54) is 4.31 Å². The molecule has 1 fully saturated rings. The van der Waals surface area contributed by atoms with Crippen LogP contribution >= 0.6 is 0 Å². The molecule has 0 spiro atoms. The zero-order valence-corrected chi connectivity index (χ0v) is 19.1. The highest BCUT2D eigenvalue weighted by Crippen LogP contribution is 2.27. The number of sulfonamides is 1. The van der Waals surface area contributed by atoms with Crippen molar-refractivity contribution < 1.29 is 13.2 Å². The van der Waals surface area contributed by atoms with Gasteiger partial charge >= 0.3 is 0 Å². The second-order valence-electron chi connectivity index (χ2n) is 8.31. The highest BCUT2D eigenvalue weighted by molar-refractivity contribution is 7.89. The third-order valence-electron chi connectivity index (χ3n) is 6.22. The van der Waals surface area contributed by atoms with Gasteiger partial charge in [-0.1, -0.05) is 65.9 Å². The largest absolute Gasteiger partial charge is 0.342 e. The van der Waals surface area contributed by atoms with Crippen molar-refractivity contribution in [2.45, 2.75) is 23.8 Å². The molecule has 1 aliphatic rings. The summed E-state index contributed by atoms with van der Waals surface area (Å²) in [6, 6.07) is 21.7. The van der Waals surface area contributed by atoms with Crippen molar-refractivity contribution in [3.8, 4) is 0 Å². The summed E-state index contributed by atoms with van der Waals surface area (Å²) in [6.07, 6.45) is 0.874. The van der Waals surface area contributed by atoms with Crippen LogP contribution in [0.1, 0.15) is 30.3 Å². The first-order valence-electron chi connectivity index (χ1n) is 11.1. The summed E-state index contributed by atoms with van der Waals surface area (Å²) >= 11 is 0. The van der Waals surface area contributed by atoms with E-state index < -0.39 is 16.1 Å². The van der Waals surface area contributed by atoms with Crippen LogP contribution in [0.25, 0.3) is 10.8 Å². The van der Waals surface area contributed by atoms with Gasteiger partial charge in [-0.15, -0.1) is 10.2 Å². The fourth-order valence-electron chi connectivity index (χ4n) is 4.33. The first-order chi connectivity index (χ1) is 16.5. The highest BCUT2D eigenvalue weighted by Gasteiger charge is 2.33. The normalized spacial score (nSPS) is 16.4. The number of tetrazole rings is 1. The lowest BCUT2D eigenvalue weighted by Gasteiger charge is -2.31. The molecule has 1 atom stereocenters. The average Bonchev–Trinajstić information content (AvgIpc) is 3.42. The summed E-state index contributed by atoms with van der Waals surface area (Å²) in [5.74, 6) is -0.0848. The number of nitrogens with zero attached hydrogens (tertiary/aromatic N) is 4. The van der Waals surface area contributed by atoms with Crippen LogP contribution in [-0.2, 0) is 14.8 Å². The minimum Gasteiger partial charge on any atom is -0.342 e. The molecule has 1 unspecified atom stereocenters. The summed E-state index contributed by atoms with van der Waals surface area (Å²) < 4.78 is 27.9. The smallest absolute Gasteiger partial charge is 0.243 e. The Morgan fingerprint density at radius 2 is 1.68 bits per heavy atom.